The Morgan fingerprint density at radius 3 is 2.56 bits per heavy atom. The van der Waals surface area contributed by atoms with Gasteiger partial charge in [0.1, 0.15) is 17.9 Å². The Balaban J connectivity index is 1.43. The molecule has 2 fully saturated rings. The molecule has 11 nitrogen and oxygen atoms in total. The summed E-state index contributed by atoms with van der Waals surface area (Å²) in [5.74, 6) is 0.412. The van der Waals surface area contributed by atoms with Crippen LogP contribution in [-0.2, 0) is 4.79 Å². The van der Waals surface area contributed by atoms with Gasteiger partial charge in [-0.05, 0) is 71.3 Å². The van der Waals surface area contributed by atoms with Crippen molar-refractivity contribution < 1.29 is 18.7 Å². The van der Waals surface area contributed by atoms with Crippen molar-refractivity contribution in [3.8, 4) is 11.6 Å². The smallest absolute Gasteiger partial charge is 0.282 e. The minimum atomic E-state index is -0.513. The zero-order valence-electron chi connectivity index (χ0n) is 26.4. The van der Waals surface area contributed by atoms with Gasteiger partial charge in [-0.1, -0.05) is 13.8 Å². The second-order valence-electron chi connectivity index (χ2n) is 12.7. The molecule has 2 amide bonds. The van der Waals surface area contributed by atoms with E-state index in [1.807, 2.05) is 27.8 Å². The number of benzene rings is 1. The number of rotatable bonds is 14. The summed E-state index contributed by atoms with van der Waals surface area (Å²) in [5, 5.41) is 8.17. The molecule has 2 aromatic rings. The number of anilines is 1. The van der Waals surface area contributed by atoms with Gasteiger partial charge in [0.15, 0.2) is 5.82 Å². The fourth-order valence-electron chi connectivity index (χ4n) is 6.43. The van der Waals surface area contributed by atoms with Crippen molar-refractivity contribution in [2.75, 3.05) is 57.8 Å². The lowest BCUT2D eigenvalue weighted by molar-refractivity contribution is -0.118. The summed E-state index contributed by atoms with van der Waals surface area (Å²) >= 11 is 0. The van der Waals surface area contributed by atoms with E-state index in [-0.39, 0.29) is 40.5 Å². The number of amides is 2. The molecule has 1 atom stereocenters. The van der Waals surface area contributed by atoms with Crippen molar-refractivity contribution in [1.82, 2.24) is 29.9 Å². The number of ether oxygens (including phenoxy) is 1. The predicted molar refractivity (Wildman–Crippen MR) is 164 cm³/mol. The van der Waals surface area contributed by atoms with Gasteiger partial charge in [0.05, 0.1) is 5.56 Å². The molecule has 1 aromatic carbocycles. The Kier molecular flexibility index (Phi) is 10.5. The maximum absolute atomic E-state index is 14.3. The lowest BCUT2D eigenvalue weighted by Crippen LogP contribution is -2.62. The number of nitrogens with two attached hydrogens (primary N) is 1. The highest BCUT2D eigenvalue weighted by atomic mass is 19.1. The zero-order valence-corrected chi connectivity index (χ0v) is 26.4. The monoisotopic (exact) mass is 598 g/mol. The molecule has 3 heterocycles. The highest BCUT2D eigenvalue weighted by Gasteiger charge is 2.50. The molecule has 1 spiro atoms. The van der Waals surface area contributed by atoms with Crippen LogP contribution in [0.25, 0.3) is 0 Å². The minimum Gasteiger partial charge on any atom is -0.434 e. The fraction of sp³-hybridized carbons (Fsp3) is 0.645. The topological polar surface area (TPSA) is 121 Å². The van der Waals surface area contributed by atoms with Crippen molar-refractivity contribution in [2.24, 2.45) is 17.1 Å². The fourth-order valence-corrected chi connectivity index (χ4v) is 6.43. The first-order valence-electron chi connectivity index (χ1n) is 15.3. The second-order valence-corrected chi connectivity index (χ2v) is 12.7. The quantitative estimate of drug-likeness (QED) is 0.349. The van der Waals surface area contributed by atoms with Gasteiger partial charge >= 0.3 is 0 Å². The van der Waals surface area contributed by atoms with Gasteiger partial charge in [0.2, 0.25) is 5.91 Å². The average molecular weight is 599 g/mol. The highest BCUT2D eigenvalue weighted by molar-refractivity contribution is 5.97. The molecule has 2 aliphatic heterocycles. The molecular weight excluding hydrogens is 551 g/mol. The maximum Gasteiger partial charge on any atom is 0.282 e. The van der Waals surface area contributed by atoms with Gasteiger partial charge < -0.3 is 25.2 Å². The number of halogens is 1. The van der Waals surface area contributed by atoms with Crippen LogP contribution >= 0.6 is 0 Å². The molecular formula is C31H47FN8O3. The zero-order chi connectivity index (χ0) is 31.3. The van der Waals surface area contributed by atoms with Gasteiger partial charge in [-0.15, -0.1) is 10.2 Å². The minimum absolute atomic E-state index is 0.0526. The van der Waals surface area contributed by atoms with E-state index in [0.29, 0.717) is 37.3 Å². The van der Waals surface area contributed by atoms with Crippen LogP contribution in [-0.4, -0.2) is 107 Å². The molecule has 2 N–H and O–H groups in total. The van der Waals surface area contributed by atoms with E-state index in [0.717, 1.165) is 45.6 Å². The van der Waals surface area contributed by atoms with E-state index in [2.05, 4.69) is 43.7 Å². The third-order valence-corrected chi connectivity index (χ3v) is 8.77. The van der Waals surface area contributed by atoms with E-state index in [1.54, 1.807) is 4.90 Å². The Hall–Kier alpha value is -3.38. The summed E-state index contributed by atoms with van der Waals surface area (Å²) < 4.78 is 20.4. The Morgan fingerprint density at radius 2 is 1.91 bits per heavy atom. The van der Waals surface area contributed by atoms with Crippen LogP contribution in [0.2, 0.25) is 0 Å². The number of primary amides is 1. The van der Waals surface area contributed by atoms with Crippen LogP contribution in [0, 0.1) is 17.2 Å². The molecule has 0 bridgehead atoms. The van der Waals surface area contributed by atoms with Gasteiger partial charge in [-0.3, -0.25) is 14.5 Å². The van der Waals surface area contributed by atoms with Crippen LogP contribution in [0.1, 0.15) is 64.2 Å². The Labute approximate surface area is 254 Å². The number of likely N-dealkylation sites (tertiary alicyclic amines) is 1. The van der Waals surface area contributed by atoms with E-state index in [1.165, 1.54) is 24.5 Å². The standard InChI is InChI=1S/C31H47FN8O3/c1-7-40(22(4)5)30(42)24-16-23(32)8-9-26(24)43-29-28(34-20-35-36-29)38-15-12-31(17-38)18-39(19-31)25(21(2)3)10-13-37(6)14-11-27(33)41/h8-9,16,20-22,25H,7,10-15,17-19H2,1-6H3,(H2,33,41). The molecule has 0 saturated carbocycles. The van der Waals surface area contributed by atoms with Crippen molar-refractivity contribution >= 4 is 17.6 Å². The molecule has 1 unspecified atom stereocenters. The lowest BCUT2D eigenvalue weighted by atomic mass is 9.76. The van der Waals surface area contributed by atoms with Crippen molar-refractivity contribution in [2.45, 2.75) is 66.0 Å². The van der Waals surface area contributed by atoms with E-state index >= 15 is 0 Å². The largest absolute Gasteiger partial charge is 0.434 e. The Bertz CT molecular complexity index is 1270. The van der Waals surface area contributed by atoms with Crippen molar-refractivity contribution in [3.63, 3.8) is 0 Å². The Morgan fingerprint density at radius 1 is 1.16 bits per heavy atom. The number of carbonyl (C=O) groups excluding carboxylic acids is 2. The van der Waals surface area contributed by atoms with Crippen LogP contribution in [0.3, 0.4) is 0 Å². The number of hydrogen-bond donors (Lipinski definition) is 1. The molecule has 43 heavy (non-hydrogen) atoms. The molecule has 0 radical (unpaired) electrons. The number of nitrogens with zero attached hydrogens (tertiary/aromatic N) is 7. The number of hydrogen-bond acceptors (Lipinski definition) is 9. The maximum atomic E-state index is 14.3. The van der Waals surface area contributed by atoms with Crippen molar-refractivity contribution in [3.05, 3.63) is 35.9 Å². The molecule has 2 aliphatic rings. The second kappa shape index (κ2) is 13.9. The van der Waals surface area contributed by atoms with Crippen LogP contribution in [0.5, 0.6) is 11.6 Å². The van der Waals surface area contributed by atoms with Gasteiger partial charge in [-0.2, -0.15) is 0 Å². The van der Waals surface area contributed by atoms with E-state index in [4.69, 9.17) is 10.5 Å². The molecule has 236 valence electrons. The normalized spacial score (nSPS) is 17.1. The highest BCUT2D eigenvalue weighted by Crippen LogP contribution is 2.44. The summed E-state index contributed by atoms with van der Waals surface area (Å²) in [7, 11) is 2.04. The van der Waals surface area contributed by atoms with Gasteiger partial charge in [0, 0.05) is 63.2 Å². The summed E-state index contributed by atoms with van der Waals surface area (Å²) in [5.41, 5.74) is 5.61. The van der Waals surface area contributed by atoms with Crippen LogP contribution in [0.4, 0.5) is 10.2 Å². The SMILES string of the molecule is CCN(C(=O)c1cc(F)ccc1Oc1nncnc1N1CCC2(C1)CN(C(CCN(C)CCC(N)=O)C(C)C)C2)C(C)C. The summed E-state index contributed by atoms with van der Waals surface area (Å²) in [6.45, 7) is 16.0. The third kappa shape index (κ3) is 7.77. The van der Waals surface area contributed by atoms with Crippen LogP contribution in [0.15, 0.2) is 24.5 Å². The molecule has 4 rings (SSSR count). The molecule has 2 saturated heterocycles. The lowest BCUT2D eigenvalue weighted by Gasteiger charge is -2.53. The number of carbonyl (C=O) groups is 2. The first-order chi connectivity index (χ1) is 20.4. The van der Waals surface area contributed by atoms with E-state index < -0.39 is 5.82 Å². The van der Waals surface area contributed by atoms with Gasteiger partial charge in [0.25, 0.3) is 11.8 Å². The molecule has 1 aromatic heterocycles. The summed E-state index contributed by atoms with van der Waals surface area (Å²) in [6.07, 6.45) is 3.84. The average Bonchev–Trinajstić information content (AvgIpc) is 3.38. The van der Waals surface area contributed by atoms with Crippen LogP contribution < -0.4 is 15.4 Å². The first kappa shape index (κ1) is 32.5. The number of aromatic nitrogens is 3. The summed E-state index contributed by atoms with van der Waals surface area (Å²) in [4.78, 5) is 37.6. The van der Waals surface area contributed by atoms with E-state index in [9.17, 15) is 14.0 Å². The third-order valence-electron chi connectivity index (χ3n) is 8.77. The summed E-state index contributed by atoms with van der Waals surface area (Å²) in [6, 6.07) is 4.35. The predicted octanol–water partition coefficient (Wildman–Crippen LogP) is 3.41. The first-order valence-corrected chi connectivity index (χ1v) is 15.3. The van der Waals surface area contributed by atoms with Crippen molar-refractivity contribution in [1.29, 1.82) is 0 Å². The molecule has 0 aliphatic carbocycles. The molecule has 12 heteroatoms. The van der Waals surface area contributed by atoms with Gasteiger partial charge in [-0.25, -0.2) is 9.37 Å².